The van der Waals surface area contributed by atoms with Crippen LogP contribution in [0.3, 0.4) is 0 Å². The Morgan fingerprint density at radius 2 is 2.12 bits per heavy atom. The van der Waals surface area contributed by atoms with Crippen LogP contribution in [-0.4, -0.2) is 47.8 Å². The fourth-order valence-electron chi connectivity index (χ4n) is 4.15. The van der Waals surface area contributed by atoms with Crippen LogP contribution in [0.1, 0.15) is 44.0 Å². The summed E-state index contributed by atoms with van der Waals surface area (Å²) in [7, 11) is 1.69. The second-order valence-electron chi connectivity index (χ2n) is 7.03. The molecule has 2 fully saturated rings. The first-order valence-corrected chi connectivity index (χ1v) is 9.38. The Bertz CT molecular complexity index is 694. The zero-order valence-corrected chi connectivity index (χ0v) is 14.9. The molecule has 0 spiro atoms. The number of nitrogens with one attached hydrogen (secondary N) is 1. The molecular weight excluding hydrogens is 314 g/mol. The number of aromatic amines is 1. The van der Waals surface area contributed by atoms with Gasteiger partial charge in [-0.05, 0) is 25.0 Å². The lowest BCUT2D eigenvalue weighted by Crippen LogP contribution is -2.46. The highest BCUT2D eigenvalue weighted by atomic mass is 16.5. The highest BCUT2D eigenvalue weighted by Crippen LogP contribution is 2.32. The van der Waals surface area contributed by atoms with Crippen LogP contribution in [0, 0.1) is 0 Å². The summed E-state index contributed by atoms with van der Waals surface area (Å²) in [5, 5.41) is 0. The van der Waals surface area contributed by atoms with Crippen LogP contribution in [-0.2, 0) is 4.74 Å². The summed E-state index contributed by atoms with van der Waals surface area (Å²) in [5.41, 5.74) is 2.13. The molecule has 5 nitrogen and oxygen atoms in total. The molecule has 1 N–H and O–H groups in total. The number of nitrogens with zero attached hydrogens (tertiary/aromatic N) is 2. The molecule has 1 aliphatic heterocycles. The van der Waals surface area contributed by atoms with Gasteiger partial charge in [-0.3, -0.25) is 4.90 Å². The van der Waals surface area contributed by atoms with Gasteiger partial charge in [-0.2, -0.15) is 0 Å². The lowest BCUT2D eigenvalue weighted by atomic mass is 9.93. The van der Waals surface area contributed by atoms with E-state index in [1.807, 2.05) is 24.4 Å². The van der Waals surface area contributed by atoms with E-state index in [0.717, 1.165) is 42.6 Å². The van der Waals surface area contributed by atoms with Gasteiger partial charge in [0.1, 0.15) is 11.6 Å². The van der Waals surface area contributed by atoms with Gasteiger partial charge in [0, 0.05) is 18.2 Å². The first kappa shape index (κ1) is 16.6. The minimum atomic E-state index is 0.233. The number of hydrogen-bond donors (Lipinski definition) is 1. The van der Waals surface area contributed by atoms with Crippen molar-refractivity contribution in [1.82, 2.24) is 14.9 Å². The van der Waals surface area contributed by atoms with E-state index in [1.165, 1.54) is 32.1 Å². The first-order valence-electron chi connectivity index (χ1n) is 9.38. The van der Waals surface area contributed by atoms with E-state index in [-0.39, 0.29) is 6.04 Å². The zero-order chi connectivity index (χ0) is 17.1. The van der Waals surface area contributed by atoms with E-state index in [2.05, 4.69) is 16.0 Å². The van der Waals surface area contributed by atoms with Crippen LogP contribution in [0.15, 0.2) is 30.5 Å². The van der Waals surface area contributed by atoms with Gasteiger partial charge in [-0.25, -0.2) is 4.98 Å². The summed E-state index contributed by atoms with van der Waals surface area (Å²) in [6.45, 7) is 2.56. The summed E-state index contributed by atoms with van der Waals surface area (Å²) in [5.74, 6) is 1.88. The molecule has 0 amide bonds. The van der Waals surface area contributed by atoms with Gasteiger partial charge in [0.2, 0.25) is 0 Å². The smallest absolute Gasteiger partial charge is 0.126 e. The monoisotopic (exact) mass is 341 g/mol. The summed E-state index contributed by atoms with van der Waals surface area (Å²) in [6.07, 6.45) is 8.62. The number of rotatable bonds is 4. The highest BCUT2D eigenvalue weighted by Gasteiger charge is 2.32. The molecule has 0 radical (unpaired) electrons. The molecule has 0 unspecified atom stereocenters. The Hall–Kier alpha value is -1.85. The average Bonchev–Trinajstić information content (AvgIpc) is 3.19. The minimum Gasteiger partial charge on any atom is -0.497 e. The number of methoxy groups -OCH3 is 1. The molecule has 4 rings (SSSR count). The van der Waals surface area contributed by atoms with E-state index in [0.29, 0.717) is 6.04 Å². The third-order valence-corrected chi connectivity index (χ3v) is 5.51. The zero-order valence-electron chi connectivity index (χ0n) is 14.9. The lowest BCUT2D eigenvalue weighted by molar-refractivity contribution is -0.0400. The number of imidazole rings is 1. The van der Waals surface area contributed by atoms with E-state index >= 15 is 0 Å². The van der Waals surface area contributed by atoms with Crippen LogP contribution in [0.2, 0.25) is 0 Å². The SMILES string of the molecule is COc1cccc(-c2cnc([C@@H]3COCCN3C3CCCCC3)[nH]2)c1. The van der Waals surface area contributed by atoms with Crippen LogP contribution >= 0.6 is 0 Å². The third kappa shape index (κ3) is 3.58. The quantitative estimate of drug-likeness (QED) is 0.919. The Balaban J connectivity index is 1.56. The van der Waals surface area contributed by atoms with E-state index in [4.69, 9.17) is 14.5 Å². The highest BCUT2D eigenvalue weighted by molar-refractivity contribution is 5.60. The van der Waals surface area contributed by atoms with Crippen LogP contribution in [0.25, 0.3) is 11.3 Å². The maximum atomic E-state index is 5.79. The molecule has 5 heteroatoms. The van der Waals surface area contributed by atoms with Gasteiger partial charge in [-0.1, -0.05) is 31.4 Å². The molecular formula is C20H27N3O2. The predicted octanol–water partition coefficient (Wildman–Crippen LogP) is 3.79. The standard InChI is InChI=1S/C20H27N3O2/c1-24-17-9-5-6-15(12-17)18-13-21-20(22-18)19-14-25-11-10-23(19)16-7-3-2-4-8-16/h5-6,9,12-13,16,19H,2-4,7-8,10-11,14H2,1H3,(H,21,22)/t19-/m0/s1. The largest absolute Gasteiger partial charge is 0.497 e. The molecule has 2 aromatic rings. The van der Waals surface area contributed by atoms with Gasteiger partial charge in [0.25, 0.3) is 0 Å². The van der Waals surface area contributed by atoms with Gasteiger partial charge in [0.05, 0.1) is 38.3 Å². The molecule has 1 aromatic carbocycles. The van der Waals surface area contributed by atoms with E-state index in [1.54, 1.807) is 7.11 Å². The van der Waals surface area contributed by atoms with Crippen molar-refractivity contribution in [2.75, 3.05) is 26.9 Å². The number of ether oxygens (including phenoxy) is 2. The Kier molecular flexibility index (Phi) is 5.04. The minimum absolute atomic E-state index is 0.233. The number of hydrogen-bond acceptors (Lipinski definition) is 4. The molecule has 1 saturated heterocycles. The maximum Gasteiger partial charge on any atom is 0.126 e. The fourth-order valence-corrected chi connectivity index (χ4v) is 4.15. The van der Waals surface area contributed by atoms with Crippen molar-refractivity contribution < 1.29 is 9.47 Å². The van der Waals surface area contributed by atoms with Gasteiger partial charge in [-0.15, -0.1) is 0 Å². The molecule has 2 aliphatic rings. The molecule has 25 heavy (non-hydrogen) atoms. The summed E-state index contributed by atoms with van der Waals surface area (Å²) >= 11 is 0. The average molecular weight is 341 g/mol. The Morgan fingerprint density at radius 3 is 2.96 bits per heavy atom. The number of morpholine rings is 1. The van der Waals surface area contributed by atoms with Gasteiger partial charge < -0.3 is 14.5 Å². The van der Waals surface area contributed by atoms with Gasteiger partial charge >= 0.3 is 0 Å². The van der Waals surface area contributed by atoms with E-state index < -0.39 is 0 Å². The summed E-state index contributed by atoms with van der Waals surface area (Å²) in [4.78, 5) is 10.9. The molecule has 1 aliphatic carbocycles. The van der Waals surface area contributed by atoms with Crippen LogP contribution in [0.4, 0.5) is 0 Å². The molecule has 2 heterocycles. The fraction of sp³-hybridized carbons (Fsp3) is 0.550. The third-order valence-electron chi connectivity index (χ3n) is 5.51. The second kappa shape index (κ2) is 7.58. The Labute approximate surface area is 149 Å². The van der Waals surface area contributed by atoms with Crippen LogP contribution < -0.4 is 4.74 Å². The number of benzene rings is 1. The molecule has 1 aromatic heterocycles. The Morgan fingerprint density at radius 1 is 1.24 bits per heavy atom. The van der Waals surface area contributed by atoms with Crippen molar-refractivity contribution in [2.45, 2.75) is 44.2 Å². The van der Waals surface area contributed by atoms with Crippen LogP contribution in [0.5, 0.6) is 5.75 Å². The van der Waals surface area contributed by atoms with E-state index in [9.17, 15) is 0 Å². The lowest BCUT2D eigenvalue weighted by Gasteiger charge is -2.41. The maximum absolute atomic E-state index is 5.79. The summed E-state index contributed by atoms with van der Waals surface area (Å²) < 4.78 is 11.1. The normalized spacial score (nSPS) is 22.8. The van der Waals surface area contributed by atoms with Crippen molar-refractivity contribution in [2.24, 2.45) is 0 Å². The molecule has 1 atom stereocenters. The number of aromatic nitrogens is 2. The molecule has 1 saturated carbocycles. The second-order valence-corrected chi connectivity index (χ2v) is 7.03. The number of H-pyrrole nitrogens is 1. The van der Waals surface area contributed by atoms with Crippen molar-refractivity contribution >= 4 is 0 Å². The predicted molar refractivity (Wildman–Crippen MR) is 97.7 cm³/mol. The van der Waals surface area contributed by atoms with Gasteiger partial charge in [0.15, 0.2) is 0 Å². The summed E-state index contributed by atoms with van der Waals surface area (Å²) in [6, 6.07) is 8.99. The topological polar surface area (TPSA) is 50.4 Å². The first-order chi connectivity index (χ1) is 12.3. The molecule has 0 bridgehead atoms. The van der Waals surface area contributed by atoms with Crippen molar-refractivity contribution in [3.63, 3.8) is 0 Å². The van der Waals surface area contributed by atoms with Crippen molar-refractivity contribution in [3.8, 4) is 17.0 Å². The van der Waals surface area contributed by atoms with Crippen molar-refractivity contribution in [3.05, 3.63) is 36.3 Å². The van der Waals surface area contributed by atoms with Crippen molar-refractivity contribution in [1.29, 1.82) is 0 Å². The molecule has 134 valence electrons.